The predicted octanol–water partition coefficient (Wildman–Crippen LogP) is 2.54. The topological polar surface area (TPSA) is 72.9 Å². The van der Waals surface area contributed by atoms with Crippen molar-refractivity contribution < 1.29 is 4.52 Å². The summed E-state index contributed by atoms with van der Waals surface area (Å²) in [6, 6.07) is 6.13. The molecule has 0 amide bonds. The highest BCUT2D eigenvalue weighted by atomic mass is 16.5. The maximum absolute atomic E-state index is 5.43. The first-order valence-corrected chi connectivity index (χ1v) is 7.56. The Morgan fingerprint density at radius 3 is 2.74 bits per heavy atom. The summed E-state index contributed by atoms with van der Waals surface area (Å²) in [5.41, 5.74) is 1.82. The Morgan fingerprint density at radius 1 is 1.22 bits per heavy atom. The van der Waals surface area contributed by atoms with Crippen LogP contribution in [0.15, 0.2) is 41.4 Å². The van der Waals surface area contributed by atoms with Gasteiger partial charge >= 0.3 is 0 Å². The third-order valence-corrected chi connectivity index (χ3v) is 3.58. The maximum atomic E-state index is 5.43. The van der Waals surface area contributed by atoms with Gasteiger partial charge in [-0.05, 0) is 33.0 Å². The van der Waals surface area contributed by atoms with E-state index in [0.29, 0.717) is 19.1 Å². The number of hydrogen-bond acceptors (Lipinski definition) is 6. The second-order valence-electron chi connectivity index (χ2n) is 5.83. The summed E-state index contributed by atoms with van der Waals surface area (Å²) in [6.45, 7) is 5.58. The number of pyridine rings is 1. The first-order chi connectivity index (χ1) is 11.1. The van der Waals surface area contributed by atoms with Crippen molar-refractivity contribution in [3.63, 3.8) is 0 Å². The third-order valence-electron chi connectivity index (χ3n) is 3.58. The molecule has 0 aliphatic carbocycles. The van der Waals surface area contributed by atoms with E-state index in [-0.39, 0.29) is 0 Å². The van der Waals surface area contributed by atoms with Gasteiger partial charge in [-0.2, -0.15) is 0 Å². The summed E-state index contributed by atoms with van der Waals surface area (Å²) in [6.07, 6.45) is 5.26. The predicted molar refractivity (Wildman–Crippen MR) is 85.3 cm³/mol. The van der Waals surface area contributed by atoms with Crippen molar-refractivity contribution in [1.82, 2.24) is 29.8 Å². The van der Waals surface area contributed by atoms with E-state index < -0.39 is 0 Å². The smallest absolute Gasteiger partial charge is 0.151 e. The van der Waals surface area contributed by atoms with E-state index >= 15 is 0 Å². The van der Waals surface area contributed by atoms with Crippen molar-refractivity contribution in [2.45, 2.75) is 33.0 Å². The lowest BCUT2D eigenvalue weighted by molar-refractivity contribution is 0.257. The molecule has 0 bridgehead atoms. The average molecular weight is 312 g/mol. The number of aromatic nitrogens is 5. The molecule has 3 heterocycles. The summed E-state index contributed by atoms with van der Waals surface area (Å²) >= 11 is 0. The Balaban J connectivity index is 1.65. The molecule has 0 atom stereocenters. The molecule has 0 fully saturated rings. The second kappa shape index (κ2) is 6.70. The molecular weight excluding hydrogens is 292 g/mol. The van der Waals surface area contributed by atoms with E-state index in [9.17, 15) is 0 Å². The zero-order valence-electron chi connectivity index (χ0n) is 13.5. The van der Waals surface area contributed by atoms with Crippen LogP contribution in [0.25, 0.3) is 11.3 Å². The van der Waals surface area contributed by atoms with Gasteiger partial charge in [-0.1, -0.05) is 5.16 Å². The monoisotopic (exact) mass is 312 g/mol. The van der Waals surface area contributed by atoms with E-state index in [1.54, 1.807) is 18.7 Å². The standard InChI is InChI=1S/C16H20N6O/c1-12(2)22-11-18-19-16(22)10-21(3)9-14-8-15(20-23-14)13-4-6-17-7-5-13/h4-8,11-12H,9-10H2,1-3H3. The number of nitrogens with zero attached hydrogens (tertiary/aromatic N) is 6. The average Bonchev–Trinajstić information content (AvgIpc) is 3.17. The van der Waals surface area contributed by atoms with Gasteiger partial charge in [-0.15, -0.1) is 10.2 Å². The van der Waals surface area contributed by atoms with Crippen molar-refractivity contribution in [1.29, 1.82) is 0 Å². The molecular formula is C16H20N6O. The van der Waals surface area contributed by atoms with Gasteiger partial charge in [0.25, 0.3) is 0 Å². The summed E-state index contributed by atoms with van der Waals surface area (Å²) in [7, 11) is 2.02. The van der Waals surface area contributed by atoms with Crippen molar-refractivity contribution in [3.05, 3.63) is 48.5 Å². The van der Waals surface area contributed by atoms with E-state index in [0.717, 1.165) is 22.8 Å². The molecule has 0 aromatic carbocycles. The SMILES string of the molecule is CC(C)n1cnnc1CN(C)Cc1cc(-c2ccncc2)no1. The van der Waals surface area contributed by atoms with Gasteiger partial charge in [0.1, 0.15) is 17.8 Å². The van der Waals surface area contributed by atoms with Gasteiger partial charge < -0.3 is 9.09 Å². The Labute approximate surface area is 135 Å². The molecule has 0 aliphatic rings. The van der Waals surface area contributed by atoms with Crippen LogP contribution in [0.2, 0.25) is 0 Å². The summed E-state index contributed by atoms with van der Waals surface area (Å²) in [5.74, 6) is 1.76. The van der Waals surface area contributed by atoms with Crippen molar-refractivity contribution in [3.8, 4) is 11.3 Å². The largest absolute Gasteiger partial charge is 0.359 e. The first kappa shape index (κ1) is 15.4. The Hall–Kier alpha value is -2.54. The third kappa shape index (κ3) is 3.62. The minimum Gasteiger partial charge on any atom is -0.359 e. The molecule has 120 valence electrons. The summed E-state index contributed by atoms with van der Waals surface area (Å²) < 4.78 is 7.50. The quantitative estimate of drug-likeness (QED) is 0.696. The van der Waals surface area contributed by atoms with Crippen LogP contribution in [0.1, 0.15) is 31.5 Å². The van der Waals surface area contributed by atoms with Gasteiger partial charge in [0.2, 0.25) is 0 Å². The van der Waals surface area contributed by atoms with Gasteiger partial charge in [0.05, 0.1) is 13.1 Å². The minimum atomic E-state index is 0.344. The van der Waals surface area contributed by atoms with Gasteiger partial charge in [0.15, 0.2) is 5.76 Å². The highest BCUT2D eigenvalue weighted by molar-refractivity contribution is 5.57. The lowest BCUT2D eigenvalue weighted by atomic mass is 10.2. The number of rotatable bonds is 6. The highest BCUT2D eigenvalue weighted by Gasteiger charge is 2.13. The Kier molecular flexibility index (Phi) is 4.47. The molecule has 7 nitrogen and oxygen atoms in total. The van der Waals surface area contributed by atoms with Gasteiger partial charge in [0, 0.05) is 30.1 Å². The Morgan fingerprint density at radius 2 is 2.00 bits per heavy atom. The molecule has 7 heteroatoms. The van der Waals surface area contributed by atoms with E-state index in [2.05, 4.69) is 43.7 Å². The molecule has 0 N–H and O–H groups in total. The fourth-order valence-electron chi connectivity index (χ4n) is 2.42. The molecule has 0 radical (unpaired) electrons. The molecule has 0 saturated carbocycles. The zero-order chi connectivity index (χ0) is 16.2. The van der Waals surface area contributed by atoms with Crippen LogP contribution >= 0.6 is 0 Å². The molecule has 3 rings (SSSR count). The zero-order valence-corrected chi connectivity index (χ0v) is 13.5. The van der Waals surface area contributed by atoms with Crippen LogP contribution in [-0.2, 0) is 13.1 Å². The summed E-state index contributed by atoms with van der Waals surface area (Å²) in [4.78, 5) is 6.13. The molecule has 0 unspecified atom stereocenters. The first-order valence-electron chi connectivity index (χ1n) is 7.56. The van der Waals surface area contributed by atoms with Crippen molar-refractivity contribution in [2.75, 3.05) is 7.05 Å². The van der Waals surface area contributed by atoms with Crippen LogP contribution in [0.4, 0.5) is 0 Å². The number of hydrogen-bond donors (Lipinski definition) is 0. The molecule has 3 aromatic heterocycles. The molecule has 3 aromatic rings. The molecule has 0 saturated heterocycles. The molecule has 0 spiro atoms. The molecule has 23 heavy (non-hydrogen) atoms. The molecule has 0 aliphatic heterocycles. The van der Waals surface area contributed by atoms with Gasteiger partial charge in [-0.25, -0.2) is 0 Å². The van der Waals surface area contributed by atoms with Crippen LogP contribution in [0.3, 0.4) is 0 Å². The van der Waals surface area contributed by atoms with Crippen LogP contribution in [0, 0.1) is 0 Å². The van der Waals surface area contributed by atoms with Crippen molar-refractivity contribution >= 4 is 0 Å². The fourth-order valence-corrected chi connectivity index (χ4v) is 2.42. The van der Waals surface area contributed by atoms with E-state index in [4.69, 9.17) is 4.52 Å². The van der Waals surface area contributed by atoms with Crippen LogP contribution in [-0.4, -0.2) is 36.9 Å². The fraction of sp³-hybridized carbons (Fsp3) is 0.375. The Bertz CT molecular complexity index is 749. The summed E-state index contributed by atoms with van der Waals surface area (Å²) in [5, 5.41) is 12.3. The van der Waals surface area contributed by atoms with Gasteiger partial charge in [-0.3, -0.25) is 9.88 Å². The normalized spacial score (nSPS) is 11.5. The van der Waals surface area contributed by atoms with E-state index in [1.807, 2.05) is 25.2 Å². The maximum Gasteiger partial charge on any atom is 0.151 e. The minimum absolute atomic E-state index is 0.344. The lowest BCUT2D eigenvalue weighted by Gasteiger charge is -2.16. The van der Waals surface area contributed by atoms with Crippen LogP contribution < -0.4 is 0 Å². The van der Waals surface area contributed by atoms with Crippen LogP contribution in [0.5, 0.6) is 0 Å². The second-order valence-corrected chi connectivity index (χ2v) is 5.83. The van der Waals surface area contributed by atoms with E-state index in [1.165, 1.54) is 0 Å². The lowest BCUT2D eigenvalue weighted by Crippen LogP contribution is -2.20. The van der Waals surface area contributed by atoms with Crippen molar-refractivity contribution in [2.24, 2.45) is 0 Å². The highest BCUT2D eigenvalue weighted by Crippen LogP contribution is 2.19.